The van der Waals surface area contributed by atoms with Crippen LogP contribution in [0.15, 0.2) is 58.0 Å². The van der Waals surface area contributed by atoms with Crippen molar-refractivity contribution in [3.05, 3.63) is 69.9 Å². The fourth-order valence-corrected chi connectivity index (χ4v) is 5.99. The lowest BCUT2D eigenvalue weighted by atomic mass is 9.81. The summed E-state index contributed by atoms with van der Waals surface area (Å²) in [5.41, 5.74) is 0.431. The largest absolute Gasteiger partial charge is 0.375 e. The zero-order chi connectivity index (χ0) is 20.7. The second-order valence-corrected chi connectivity index (χ2v) is 10.1. The van der Waals surface area contributed by atoms with Crippen molar-refractivity contribution in [2.75, 3.05) is 5.75 Å². The van der Waals surface area contributed by atoms with Gasteiger partial charge in [0.15, 0.2) is 5.17 Å². The summed E-state index contributed by atoms with van der Waals surface area (Å²) in [7, 11) is 0. The number of ether oxygens (including phenoxy) is 1. The first-order valence-corrected chi connectivity index (χ1v) is 12.0. The van der Waals surface area contributed by atoms with Gasteiger partial charge in [0.25, 0.3) is 5.91 Å². The smallest absolute Gasteiger partial charge is 0.257 e. The molecule has 156 valence electrons. The quantitative estimate of drug-likeness (QED) is 0.637. The molecule has 1 heterocycles. The minimum Gasteiger partial charge on any atom is -0.375 e. The van der Waals surface area contributed by atoms with Crippen molar-refractivity contribution in [1.82, 2.24) is 5.32 Å². The second-order valence-electron chi connectivity index (χ2n) is 8.19. The molecule has 0 unspecified atom stereocenters. The van der Waals surface area contributed by atoms with Crippen LogP contribution >= 0.6 is 27.7 Å². The lowest BCUT2D eigenvalue weighted by molar-refractivity contribution is 0.0401. The Balaban J connectivity index is 1.49. The molecule has 1 amide bonds. The van der Waals surface area contributed by atoms with Gasteiger partial charge in [-0.05, 0) is 49.6 Å². The lowest BCUT2D eigenvalue weighted by Crippen LogP contribution is -2.40. The van der Waals surface area contributed by atoms with Crippen LogP contribution in [-0.4, -0.2) is 29.0 Å². The van der Waals surface area contributed by atoms with Gasteiger partial charge in [-0.1, -0.05) is 45.9 Å². The molecule has 0 spiro atoms. The highest BCUT2D eigenvalue weighted by atomic mass is 79.9. The van der Waals surface area contributed by atoms with Crippen LogP contribution in [0.2, 0.25) is 0 Å². The molecule has 2 aromatic rings. The summed E-state index contributed by atoms with van der Waals surface area (Å²) in [5.74, 6) is 0.464. The fraction of sp³-hybridized carbons (Fsp3) is 0.391. The van der Waals surface area contributed by atoms with E-state index in [0.29, 0.717) is 28.8 Å². The van der Waals surface area contributed by atoms with E-state index in [1.54, 1.807) is 18.2 Å². The Bertz CT molecular complexity index is 998. The van der Waals surface area contributed by atoms with Gasteiger partial charge in [0.05, 0.1) is 17.7 Å². The number of halogens is 2. The van der Waals surface area contributed by atoms with Crippen LogP contribution in [0.1, 0.15) is 41.6 Å². The maximum atomic E-state index is 15.0. The Morgan fingerprint density at radius 3 is 2.77 bits per heavy atom. The number of amidine groups is 1. The number of amides is 1. The van der Waals surface area contributed by atoms with Crippen LogP contribution in [-0.2, 0) is 10.3 Å². The van der Waals surface area contributed by atoms with E-state index >= 15 is 4.39 Å². The third-order valence-electron chi connectivity index (χ3n) is 6.04. The summed E-state index contributed by atoms with van der Waals surface area (Å²) in [6.45, 7) is 0. The standard InChI is InChI=1S/C23H22BrFN2O2S/c24-16-6-9-20(25)19(11-16)23-12-18(29-17-7-8-17)10-15(23)13-30-22(27-23)26-21(28)14-4-2-1-3-5-14/h1-6,9,11,15,17-18H,7-8,10,12-13H2,(H,26,27,28)/t15-,18-,23-/m0/s1. The van der Waals surface area contributed by atoms with Crippen molar-refractivity contribution in [1.29, 1.82) is 0 Å². The fourth-order valence-electron chi connectivity index (χ4n) is 4.47. The van der Waals surface area contributed by atoms with Gasteiger partial charge >= 0.3 is 0 Å². The molecule has 3 aliphatic rings. The van der Waals surface area contributed by atoms with Crippen molar-refractivity contribution in [2.24, 2.45) is 10.9 Å². The number of carbonyl (C=O) groups is 1. The van der Waals surface area contributed by atoms with E-state index in [9.17, 15) is 4.79 Å². The minimum absolute atomic E-state index is 0.0643. The van der Waals surface area contributed by atoms with Crippen molar-refractivity contribution in [3.63, 3.8) is 0 Å². The molecular formula is C23H22BrFN2O2S. The first kappa shape index (κ1) is 20.2. The Labute approximate surface area is 187 Å². The van der Waals surface area contributed by atoms with E-state index in [1.165, 1.54) is 17.8 Å². The average molecular weight is 489 g/mol. The maximum Gasteiger partial charge on any atom is 0.257 e. The van der Waals surface area contributed by atoms with Crippen molar-refractivity contribution in [2.45, 2.75) is 43.4 Å². The number of hydrogen-bond acceptors (Lipinski definition) is 4. The molecule has 7 heteroatoms. The third kappa shape index (κ3) is 3.95. The summed E-state index contributed by atoms with van der Waals surface area (Å²) >= 11 is 5.02. The van der Waals surface area contributed by atoms with Crippen LogP contribution in [0.5, 0.6) is 0 Å². The zero-order valence-corrected chi connectivity index (χ0v) is 18.7. The third-order valence-corrected chi connectivity index (χ3v) is 7.57. The maximum absolute atomic E-state index is 15.0. The number of carbonyl (C=O) groups excluding carboxylic acids is 1. The zero-order valence-electron chi connectivity index (χ0n) is 16.3. The van der Waals surface area contributed by atoms with E-state index in [2.05, 4.69) is 21.2 Å². The molecule has 0 radical (unpaired) electrons. The molecule has 30 heavy (non-hydrogen) atoms. The van der Waals surface area contributed by atoms with Gasteiger partial charge in [-0.2, -0.15) is 0 Å². The van der Waals surface area contributed by atoms with E-state index < -0.39 is 5.54 Å². The van der Waals surface area contributed by atoms with E-state index in [-0.39, 0.29) is 23.7 Å². The monoisotopic (exact) mass is 488 g/mol. The summed E-state index contributed by atoms with van der Waals surface area (Å²) in [5, 5.41) is 3.49. The van der Waals surface area contributed by atoms with Crippen LogP contribution in [0.25, 0.3) is 0 Å². The van der Waals surface area contributed by atoms with Crippen molar-refractivity contribution in [3.8, 4) is 0 Å². The van der Waals surface area contributed by atoms with Gasteiger partial charge in [-0.3, -0.25) is 9.79 Å². The first-order valence-electron chi connectivity index (χ1n) is 10.2. The number of aliphatic imine (C=N–C) groups is 1. The van der Waals surface area contributed by atoms with Gasteiger partial charge < -0.3 is 10.1 Å². The number of benzene rings is 2. The SMILES string of the molecule is O=C(NC1=N[C@@]2(c3cc(Br)ccc3F)C[C@@H](OC3CC3)C[C@H]2CS1)c1ccccc1. The predicted molar refractivity (Wildman–Crippen MR) is 120 cm³/mol. The van der Waals surface area contributed by atoms with Gasteiger partial charge in [0.2, 0.25) is 0 Å². The molecule has 2 aliphatic carbocycles. The highest BCUT2D eigenvalue weighted by Gasteiger charge is 2.53. The molecule has 3 atom stereocenters. The molecule has 2 saturated carbocycles. The predicted octanol–water partition coefficient (Wildman–Crippen LogP) is 5.27. The normalized spacial score (nSPS) is 28.0. The van der Waals surface area contributed by atoms with E-state index in [0.717, 1.165) is 29.5 Å². The van der Waals surface area contributed by atoms with Crippen molar-refractivity contribution >= 4 is 38.8 Å². The van der Waals surface area contributed by atoms with Gasteiger partial charge in [0.1, 0.15) is 5.82 Å². The Hall–Kier alpha value is -1.70. The molecule has 2 fully saturated rings. The summed E-state index contributed by atoms with van der Waals surface area (Å²) < 4.78 is 22.1. The average Bonchev–Trinajstić information content (AvgIpc) is 3.48. The number of hydrogen-bond donors (Lipinski definition) is 1. The van der Waals surface area contributed by atoms with Crippen LogP contribution in [0, 0.1) is 11.7 Å². The van der Waals surface area contributed by atoms with Crippen molar-refractivity contribution < 1.29 is 13.9 Å². The summed E-state index contributed by atoms with van der Waals surface area (Å²) in [6, 6.07) is 14.1. The van der Waals surface area contributed by atoms with E-state index in [1.807, 2.05) is 24.3 Å². The van der Waals surface area contributed by atoms with Crippen LogP contribution in [0.3, 0.4) is 0 Å². The molecule has 1 aliphatic heterocycles. The molecule has 0 aromatic heterocycles. The molecular weight excluding hydrogens is 467 g/mol. The van der Waals surface area contributed by atoms with Gasteiger partial charge in [0, 0.05) is 33.7 Å². The minimum atomic E-state index is -0.724. The number of thioether (sulfide) groups is 1. The summed E-state index contributed by atoms with van der Waals surface area (Å²) in [6.07, 6.45) is 4.11. The number of nitrogens with one attached hydrogen (secondary N) is 1. The summed E-state index contributed by atoms with van der Waals surface area (Å²) in [4.78, 5) is 17.7. The lowest BCUT2D eigenvalue weighted by Gasteiger charge is -2.36. The first-order chi connectivity index (χ1) is 14.5. The Kier molecular flexibility index (Phi) is 5.45. The number of rotatable bonds is 4. The molecule has 0 saturated heterocycles. The van der Waals surface area contributed by atoms with Crippen LogP contribution in [0.4, 0.5) is 4.39 Å². The van der Waals surface area contributed by atoms with Crippen LogP contribution < -0.4 is 5.32 Å². The number of nitrogens with zero attached hydrogens (tertiary/aromatic N) is 1. The molecule has 0 bridgehead atoms. The Morgan fingerprint density at radius 2 is 2.00 bits per heavy atom. The number of fused-ring (bicyclic) bond motifs is 1. The van der Waals surface area contributed by atoms with E-state index in [4.69, 9.17) is 9.73 Å². The molecule has 4 nitrogen and oxygen atoms in total. The molecule has 5 rings (SSSR count). The molecule has 1 N–H and O–H groups in total. The highest BCUT2D eigenvalue weighted by Crippen LogP contribution is 2.53. The highest BCUT2D eigenvalue weighted by molar-refractivity contribution is 9.10. The topological polar surface area (TPSA) is 50.7 Å². The van der Waals surface area contributed by atoms with Gasteiger partial charge in [-0.25, -0.2) is 4.39 Å². The van der Waals surface area contributed by atoms with Gasteiger partial charge in [-0.15, -0.1) is 0 Å². The Morgan fingerprint density at radius 1 is 1.20 bits per heavy atom. The molecule has 2 aromatic carbocycles. The second kappa shape index (κ2) is 8.09.